The van der Waals surface area contributed by atoms with Crippen molar-refractivity contribution in [2.45, 2.75) is 6.54 Å². The number of hydrogen-bond donors (Lipinski definition) is 3. The van der Waals surface area contributed by atoms with Gasteiger partial charge in [0, 0.05) is 11.1 Å². The average molecular weight is 250 g/mol. The molecule has 0 atom stereocenters. The number of carbonyl (C=O) groups excluding carboxylic acids is 2. The highest BCUT2D eigenvalue weighted by atomic mass is 35.5. The van der Waals surface area contributed by atoms with Crippen molar-refractivity contribution >= 4 is 34.9 Å². The zero-order valence-electron chi connectivity index (χ0n) is 7.50. The van der Waals surface area contributed by atoms with Gasteiger partial charge in [-0.2, -0.15) is 0 Å². The lowest BCUT2D eigenvalue weighted by Crippen LogP contribution is -2.39. The molecule has 3 amide bonds. The maximum atomic E-state index is 11.0. The van der Waals surface area contributed by atoms with E-state index in [2.05, 4.69) is 10.3 Å². The summed E-state index contributed by atoms with van der Waals surface area (Å²) in [6.45, 7) is 0.153. The summed E-state index contributed by atoms with van der Waals surface area (Å²) in [5.41, 5.74) is 0.582. The fourth-order valence-electron chi connectivity index (χ4n) is 0.780. The molecule has 1 aromatic rings. The number of alkyl halides is 1. The highest BCUT2D eigenvalue weighted by molar-refractivity contribution is 7.07. The van der Waals surface area contributed by atoms with Crippen molar-refractivity contribution in [2.75, 3.05) is 5.88 Å². The van der Waals surface area contributed by atoms with Crippen LogP contribution in [0.2, 0.25) is 0 Å². The first kappa shape index (κ1) is 11.7. The molecule has 0 aliphatic rings. The van der Waals surface area contributed by atoms with E-state index < -0.39 is 11.9 Å². The molecule has 0 aromatic carbocycles. The van der Waals surface area contributed by atoms with Crippen molar-refractivity contribution in [3.05, 3.63) is 20.7 Å². The van der Waals surface area contributed by atoms with Gasteiger partial charge in [0.1, 0.15) is 5.88 Å². The second-order valence-corrected chi connectivity index (χ2v) is 3.65. The van der Waals surface area contributed by atoms with Gasteiger partial charge in [-0.3, -0.25) is 14.9 Å². The fourth-order valence-corrected chi connectivity index (χ4v) is 1.43. The molecule has 0 spiro atoms. The number of thiazole rings is 1. The van der Waals surface area contributed by atoms with Crippen molar-refractivity contribution in [3.63, 3.8) is 0 Å². The van der Waals surface area contributed by atoms with E-state index in [1.165, 1.54) is 0 Å². The van der Waals surface area contributed by atoms with Crippen LogP contribution in [0.4, 0.5) is 4.79 Å². The van der Waals surface area contributed by atoms with Gasteiger partial charge >= 0.3 is 10.9 Å². The molecule has 1 heterocycles. The Hall–Kier alpha value is -1.34. The Labute approximate surface area is 93.6 Å². The molecule has 6 nitrogen and oxygen atoms in total. The second-order valence-electron chi connectivity index (χ2n) is 2.54. The Morgan fingerprint density at radius 1 is 1.53 bits per heavy atom. The number of H-pyrrole nitrogens is 1. The lowest BCUT2D eigenvalue weighted by atomic mass is 10.5. The van der Waals surface area contributed by atoms with Gasteiger partial charge < -0.3 is 10.3 Å². The normalized spacial score (nSPS) is 9.67. The summed E-state index contributed by atoms with van der Waals surface area (Å²) in [6, 6.07) is -0.646. The Morgan fingerprint density at radius 2 is 2.27 bits per heavy atom. The van der Waals surface area contributed by atoms with Gasteiger partial charge in [-0.25, -0.2) is 4.79 Å². The van der Waals surface area contributed by atoms with Crippen LogP contribution in [0.3, 0.4) is 0 Å². The summed E-state index contributed by atoms with van der Waals surface area (Å²) >= 11 is 6.18. The van der Waals surface area contributed by atoms with Gasteiger partial charge in [-0.1, -0.05) is 11.3 Å². The molecule has 1 aromatic heterocycles. The predicted molar refractivity (Wildman–Crippen MR) is 56.0 cm³/mol. The van der Waals surface area contributed by atoms with Crippen LogP contribution in [0, 0.1) is 0 Å². The third-order valence-corrected chi connectivity index (χ3v) is 2.35. The third kappa shape index (κ3) is 4.13. The zero-order valence-corrected chi connectivity index (χ0v) is 9.07. The molecular formula is C7H8ClN3O3S. The summed E-state index contributed by atoms with van der Waals surface area (Å²) in [5, 5.41) is 5.97. The van der Waals surface area contributed by atoms with E-state index in [1.54, 1.807) is 5.38 Å². The van der Waals surface area contributed by atoms with Crippen LogP contribution >= 0.6 is 22.9 Å². The number of aromatic amines is 1. The molecule has 82 valence electrons. The van der Waals surface area contributed by atoms with Crippen molar-refractivity contribution in [1.82, 2.24) is 15.6 Å². The van der Waals surface area contributed by atoms with Gasteiger partial charge in [0.2, 0.25) is 5.91 Å². The topological polar surface area (TPSA) is 91.1 Å². The standard InChI is InChI=1S/C7H8ClN3O3S/c8-1-5(12)11-6(13)9-2-4-3-15-7(14)10-4/h3H,1-2H2,(H,10,14)(H2,9,11,12,13). The average Bonchev–Trinajstić information content (AvgIpc) is 2.61. The summed E-state index contributed by atoms with van der Waals surface area (Å²) < 4.78 is 0. The number of carbonyl (C=O) groups is 2. The van der Waals surface area contributed by atoms with Gasteiger partial charge in [-0.15, -0.1) is 11.6 Å². The molecule has 0 radical (unpaired) electrons. The van der Waals surface area contributed by atoms with Crippen molar-refractivity contribution in [2.24, 2.45) is 0 Å². The molecule has 0 saturated carbocycles. The van der Waals surface area contributed by atoms with Crippen molar-refractivity contribution < 1.29 is 9.59 Å². The lowest BCUT2D eigenvalue weighted by molar-refractivity contribution is -0.117. The lowest BCUT2D eigenvalue weighted by Gasteiger charge is -2.03. The van der Waals surface area contributed by atoms with Crippen LogP contribution in [-0.4, -0.2) is 22.8 Å². The zero-order chi connectivity index (χ0) is 11.3. The van der Waals surface area contributed by atoms with Crippen molar-refractivity contribution in [1.29, 1.82) is 0 Å². The van der Waals surface area contributed by atoms with Gasteiger partial charge in [0.25, 0.3) is 0 Å². The molecule has 0 fully saturated rings. The van der Waals surface area contributed by atoms with Gasteiger partial charge in [0.15, 0.2) is 0 Å². The fraction of sp³-hybridized carbons (Fsp3) is 0.286. The molecule has 0 unspecified atom stereocenters. The Bertz CT molecular complexity index is 414. The summed E-state index contributed by atoms with van der Waals surface area (Å²) in [6.07, 6.45) is 0. The quantitative estimate of drug-likeness (QED) is 0.659. The van der Waals surface area contributed by atoms with Crippen LogP contribution in [0.15, 0.2) is 10.2 Å². The predicted octanol–water partition coefficient (Wildman–Crippen LogP) is 0.001000. The Kier molecular flexibility index (Phi) is 4.32. The molecule has 15 heavy (non-hydrogen) atoms. The minimum atomic E-state index is -0.646. The molecule has 3 N–H and O–H groups in total. The smallest absolute Gasteiger partial charge is 0.321 e. The summed E-state index contributed by atoms with van der Waals surface area (Å²) in [4.78, 5) is 34.7. The van der Waals surface area contributed by atoms with E-state index in [1.807, 2.05) is 5.32 Å². The van der Waals surface area contributed by atoms with E-state index in [0.717, 1.165) is 11.3 Å². The summed E-state index contributed by atoms with van der Waals surface area (Å²) in [7, 11) is 0. The minimum Gasteiger partial charge on any atom is -0.332 e. The second kappa shape index (κ2) is 5.52. The number of halogens is 1. The largest absolute Gasteiger partial charge is 0.332 e. The number of urea groups is 1. The molecule has 1 rings (SSSR count). The number of nitrogens with one attached hydrogen (secondary N) is 3. The van der Waals surface area contributed by atoms with E-state index in [-0.39, 0.29) is 17.3 Å². The van der Waals surface area contributed by atoms with Crippen molar-refractivity contribution in [3.8, 4) is 0 Å². The molecular weight excluding hydrogens is 242 g/mol. The maximum Gasteiger partial charge on any atom is 0.321 e. The first-order valence-corrected chi connectivity index (χ1v) is 5.33. The molecule has 0 bridgehead atoms. The third-order valence-electron chi connectivity index (χ3n) is 1.38. The first-order chi connectivity index (χ1) is 7.11. The van der Waals surface area contributed by atoms with Crippen LogP contribution in [-0.2, 0) is 11.3 Å². The van der Waals surface area contributed by atoms with Crippen LogP contribution in [0.5, 0.6) is 0 Å². The highest BCUT2D eigenvalue weighted by Crippen LogP contribution is 1.93. The number of rotatable bonds is 3. The summed E-state index contributed by atoms with van der Waals surface area (Å²) in [5.74, 6) is -0.851. The minimum absolute atomic E-state index is 0.153. The maximum absolute atomic E-state index is 11.0. The Morgan fingerprint density at radius 3 is 2.80 bits per heavy atom. The van der Waals surface area contributed by atoms with Gasteiger partial charge in [-0.05, 0) is 0 Å². The van der Waals surface area contributed by atoms with Crippen LogP contribution in [0.25, 0.3) is 0 Å². The van der Waals surface area contributed by atoms with Crippen LogP contribution in [0.1, 0.15) is 5.69 Å². The van der Waals surface area contributed by atoms with E-state index in [4.69, 9.17) is 11.6 Å². The molecule has 0 aliphatic heterocycles. The van der Waals surface area contributed by atoms with E-state index >= 15 is 0 Å². The van der Waals surface area contributed by atoms with E-state index in [9.17, 15) is 14.4 Å². The SMILES string of the molecule is O=C(CCl)NC(=O)NCc1csc(=O)[nH]1. The first-order valence-electron chi connectivity index (χ1n) is 3.92. The van der Waals surface area contributed by atoms with Crippen LogP contribution < -0.4 is 15.5 Å². The molecule has 0 saturated heterocycles. The van der Waals surface area contributed by atoms with E-state index in [0.29, 0.717) is 5.69 Å². The Balaban J connectivity index is 2.34. The number of imide groups is 1. The van der Waals surface area contributed by atoms with Gasteiger partial charge in [0.05, 0.1) is 6.54 Å². The number of aromatic nitrogens is 1. The number of hydrogen-bond acceptors (Lipinski definition) is 4. The highest BCUT2D eigenvalue weighted by Gasteiger charge is 2.05. The molecule has 8 heteroatoms. The number of amides is 3. The monoisotopic (exact) mass is 249 g/mol. The molecule has 0 aliphatic carbocycles.